The van der Waals surface area contributed by atoms with Gasteiger partial charge in [0, 0.05) is 28.9 Å². The Labute approximate surface area is 185 Å². The van der Waals surface area contributed by atoms with Crippen LogP contribution in [0.2, 0.25) is 0 Å². The van der Waals surface area contributed by atoms with Crippen LogP contribution in [0.3, 0.4) is 0 Å². The summed E-state index contributed by atoms with van der Waals surface area (Å²) in [6, 6.07) is 11.2. The lowest BCUT2D eigenvalue weighted by Gasteiger charge is -2.21. The molecule has 0 aromatic heterocycles. The maximum atomic E-state index is 14.1. The molecule has 5 nitrogen and oxygen atoms in total. The number of unbranched alkanes of at least 4 members (excludes halogenated alkanes) is 1. The number of anilines is 2. The molecule has 30 heavy (non-hydrogen) atoms. The molecule has 1 fully saturated rings. The molecule has 1 aliphatic heterocycles. The fourth-order valence-corrected chi connectivity index (χ4v) is 3.90. The molecule has 1 heterocycles. The zero-order valence-electron chi connectivity index (χ0n) is 17.1. The van der Waals surface area contributed by atoms with Gasteiger partial charge in [0.25, 0.3) is 5.91 Å². The number of amides is 2. The number of hydrogen-bond donors (Lipinski definition) is 2. The Morgan fingerprint density at radius 1 is 1.17 bits per heavy atom. The van der Waals surface area contributed by atoms with Crippen LogP contribution in [0.25, 0.3) is 0 Å². The van der Waals surface area contributed by atoms with Gasteiger partial charge in [0.05, 0.1) is 5.56 Å². The van der Waals surface area contributed by atoms with E-state index >= 15 is 0 Å². The van der Waals surface area contributed by atoms with Crippen molar-refractivity contribution < 1.29 is 14.0 Å². The predicted molar refractivity (Wildman–Crippen MR) is 121 cm³/mol. The van der Waals surface area contributed by atoms with E-state index < -0.39 is 17.8 Å². The van der Waals surface area contributed by atoms with Crippen LogP contribution in [0, 0.1) is 5.82 Å². The van der Waals surface area contributed by atoms with E-state index in [-0.39, 0.29) is 11.5 Å². The van der Waals surface area contributed by atoms with Gasteiger partial charge in [-0.1, -0.05) is 41.8 Å². The van der Waals surface area contributed by atoms with E-state index in [1.54, 1.807) is 6.07 Å². The third kappa shape index (κ3) is 5.81. The minimum absolute atomic E-state index is 0.0801. The largest absolute Gasteiger partial charge is 0.371 e. The lowest BCUT2D eigenvalue weighted by Crippen LogP contribution is -2.44. The van der Waals surface area contributed by atoms with Gasteiger partial charge in [0.1, 0.15) is 11.9 Å². The van der Waals surface area contributed by atoms with E-state index in [1.165, 1.54) is 25.0 Å². The standard InChI is InChI=1S/C23H27BrFN3O2/c1-2-3-9-21(27-22(29)19-11-10-16(24)14-20(19)25)23(30)26-17-7-6-8-18(15-17)28-12-4-5-13-28/h6-8,10-11,14-15,21H,2-5,9,12-13H2,1H3,(H,26,30)(H,27,29). The Kier molecular flexibility index (Phi) is 7.85. The molecular weight excluding hydrogens is 449 g/mol. The molecule has 1 unspecified atom stereocenters. The van der Waals surface area contributed by atoms with Crippen molar-refractivity contribution in [2.24, 2.45) is 0 Å². The molecule has 0 spiro atoms. The average Bonchev–Trinajstić information content (AvgIpc) is 3.26. The van der Waals surface area contributed by atoms with E-state index in [0.29, 0.717) is 16.6 Å². The van der Waals surface area contributed by atoms with Gasteiger partial charge in [0.2, 0.25) is 5.91 Å². The Morgan fingerprint density at radius 3 is 2.63 bits per heavy atom. The average molecular weight is 476 g/mol. The highest BCUT2D eigenvalue weighted by Crippen LogP contribution is 2.23. The second-order valence-corrected chi connectivity index (χ2v) is 8.44. The van der Waals surface area contributed by atoms with Gasteiger partial charge in [-0.15, -0.1) is 0 Å². The fraction of sp³-hybridized carbons (Fsp3) is 0.391. The smallest absolute Gasteiger partial charge is 0.254 e. The maximum absolute atomic E-state index is 14.1. The van der Waals surface area contributed by atoms with Gasteiger partial charge < -0.3 is 15.5 Å². The number of halogens is 2. The molecule has 0 aliphatic carbocycles. The molecule has 0 radical (unpaired) electrons. The van der Waals surface area contributed by atoms with E-state index in [0.717, 1.165) is 31.6 Å². The lowest BCUT2D eigenvalue weighted by atomic mass is 10.1. The summed E-state index contributed by atoms with van der Waals surface area (Å²) in [7, 11) is 0. The summed E-state index contributed by atoms with van der Waals surface area (Å²) in [5, 5.41) is 5.62. The monoisotopic (exact) mass is 475 g/mol. The summed E-state index contributed by atoms with van der Waals surface area (Å²) < 4.78 is 14.7. The van der Waals surface area contributed by atoms with E-state index in [1.807, 2.05) is 31.2 Å². The summed E-state index contributed by atoms with van der Waals surface area (Å²) in [6.45, 7) is 4.06. The van der Waals surface area contributed by atoms with Crippen LogP contribution in [-0.4, -0.2) is 30.9 Å². The molecule has 0 saturated carbocycles. The number of carbonyl (C=O) groups is 2. The van der Waals surface area contributed by atoms with Crippen molar-refractivity contribution in [1.82, 2.24) is 5.32 Å². The zero-order chi connectivity index (χ0) is 21.5. The minimum Gasteiger partial charge on any atom is -0.371 e. The summed E-state index contributed by atoms with van der Waals surface area (Å²) in [6.07, 6.45) is 4.49. The summed E-state index contributed by atoms with van der Waals surface area (Å²) in [5.74, 6) is -1.52. The van der Waals surface area contributed by atoms with Crippen LogP contribution in [0.15, 0.2) is 46.9 Å². The number of nitrogens with zero attached hydrogens (tertiary/aromatic N) is 1. The first kappa shape index (κ1) is 22.3. The van der Waals surface area contributed by atoms with Crippen molar-refractivity contribution >= 4 is 39.1 Å². The molecule has 0 bridgehead atoms. The summed E-state index contributed by atoms with van der Waals surface area (Å²) in [5.41, 5.74) is 1.69. The van der Waals surface area contributed by atoms with Gasteiger partial charge in [0.15, 0.2) is 0 Å². The van der Waals surface area contributed by atoms with E-state index in [4.69, 9.17) is 0 Å². The molecule has 2 aromatic rings. The molecular formula is C23H27BrFN3O2. The van der Waals surface area contributed by atoms with Crippen LogP contribution in [0.1, 0.15) is 49.4 Å². The van der Waals surface area contributed by atoms with Crippen LogP contribution in [0.5, 0.6) is 0 Å². The first-order valence-corrected chi connectivity index (χ1v) is 11.2. The van der Waals surface area contributed by atoms with Crippen molar-refractivity contribution in [3.63, 3.8) is 0 Å². The Bertz CT molecular complexity index is 900. The highest BCUT2D eigenvalue weighted by Gasteiger charge is 2.23. The van der Waals surface area contributed by atoms with Crippen molar-refractivity contribution in [2.45, 2.75) is 45.1 Å². The van der Waals surface area contributed by atoms with Crippen molar-refractivity contribution in [3.8, 4) is 0 Å². The minimum atomic E-state index is -0.740. The molecule has 2 N–H and O–H groups in total. The number of hydrogen-bond acceptors (Lipinski definition) is 3. The molecule has 1 saturated heterocycles. The Morgan fingerprint density at radius 2 is 1.93 bits per heavy atom. The quantitative estimate of drug-likeness (QED) is 0.557. The van der Waals surface area contributed by atoms with Crippen molar-refractivity contribution in [2.75, 3.05) is 23.3 Å². The first-order valence-electron chi connectivity index (χ1n) is 10.4. The Balaban J connectivity index is 1.70. The number of rotatable bonds is 8. The Hall–Kier alpha value is -2.41. The molecule has 7 heteroatoms. The topological polar surface area (TPSA) is 61.4 Å². The third-order valence-electron chi connectivity index (χ3n) is 5.23. The SMILES string of the molecule is CCCCC(NC(=O)c1ccc(Br)cc1F)C(=O)Nc1cccc(N2CCCC2)c1. The van der Waals surface area contributed by atoms with Gasteiger partial charge in [-0.25, -0.2) is 4.39 Å². The lowest BCUT2D eigenvalue weighted by molar-refractivity contribution is -0.118. The van der Waals surface area contributed by atoms with Gasteiger partial charge in [-0.05, 0) is 55.7 Å². The van der Waals surface area contributed by atoms with Gasteiger partial charge in [-0.2, -0.15) is 0 Å². The van der Waals surface area contributed by atoms with Crippen LogP contribution in [-0.2, 0) is 4.79 Å². The maximum Gasteiger partial charge on any atom is 0.254 e. The number of nitrogens with one attached hydrogen (secondary N) is 2. The highest BCUT2D eigenvalue weighted by molar-refractivity contribution is 9.10. The van der Waals surface area contributed by atoms with Crippen molar-refractivity contribution in [3.05, 3.63) is 58.3 Å². The molecule has 1 aliphatic rings. The third-order valence-corrected chi connectivity index (χ3v) is 5.72. The summed E-state index contributed by atoms with van der Waals surface area (Å²) in [4.78, 5) is 27.8. The molecule has 3 rings (SSSR count). The van der Waals surface area contributed by atoms with Crippen LogP contribution in [0.4, 0.5) is 15.8 Å². The number of carbonyl (C=O) groups excluding carboxylic acids is 2. The first-order chi connectivity index (χ1) is 14.5. The summed E-state index contributed by atoms with van der Waals surface area (Å²) >= 11 is 3.18. The number of benzene rings is 2. The van der Waals surface area contributed by atoms with Gasteiger partial charge >= 0.3 is 0 Å². The second kappa shape index (κ2) is 10.6. The van der Waals surface area contributed by atoms with Gasteiger partial charge in [-0.3, -0.25) is 9.59 Å². The zero-order valence-corrected chi connectivity index (χ0v) is 18.7. The fourth-order valence-electron chi connectivity index (χ4n) is 3.57. The molecule has 160 valence electrons. The molecule has 1 atom stereocenters. The second-order valence-electron chi connectivity index (χ2n) is 7.53. The molecule has 2 amide bonds. The molecule has 2 aromatic carbocycles. The predicted octanol–water partition coefficient (Wildman–Crippen LogP) is 5.12. The highest BCUT2D eigenvalue weighted by atomic mass is 79.9. The van der Waals surface area contributed by atoms with Crippen LogP contribution >= 0.6 is 15.9 Å². The van der Waals surface area contributed by atoms with Crippen molar-refractivity contribution in [1.29, 1.82) is 0 Å². The van der Waals surface area contributed by atoms with E-state index in [2.05, 4.69) is 31.5 Å². The van der Waals surface area contributed by atoms with Crippen LogP contribution < -0.4 is 15.5 Å². The van der Waals surface area contributed by atoms with E-state index in [9.17, 15) is 14.0 Å². The normalized spacial score (nSPS) is 14.4.